The lowest BCUT2D eigenvalue weighted by molar-refractivity contribution is -0.123. The molecule has 3 amide bonds. The minimum absolute atomic E-state index is 0. The third kappa shape index (κ3) is 4.96. The molecule has 2 fully saturated rings. The number of rotatable bonds is 5. The van der Waals surface area contributed by atoms with E-state index in [9.17, 15) is 14.4 Å². The van der Waals surface area contributed by atoms with Crippen molar-refractivity contribution in [3.63, 3.8) is 0 Å². The molecule has 0 radical (unpaired) electrons. The summed E-state index contributed by atoms with van der Waals surface area (Å²) < 4.78 is 0. The van der Waals surface area contributed by atoms with E-state index in [1.165, 1.54) is 11.3 Å². The Morgan fingerprint density at radius 1 is 1.31 bits per heavy atom. The molecule has 2 saturated heterocycles. The number of amides is 3. The van der Waals surface area contributed by atoms with E-state index in [4.69, 9.17) is 5.73 Å². The van der Waals surface area contributed by atoms with E-state index in [0.29, 0.717) is 30.1 Å². The molecule has 0 aliphatic carbocycles. The van der Waals surface area contributed by atoms with Crippen LogP contribution in [0.2, 0.25) is 0 Å². The van der Waals surface area contributed by atoms with Gasteiger partial charge < -0.3 is 21.3 Å². The molecule has 2 aliphatic heterocycles. The van der Waals surface area contributed by atoms with E-state index in [-0.39, 0.29) is 36.2 Å². The van der Waals surface area contributed by atoms with E-state index >= 15 is 0 Å². The summed E-state index contributed by atoms with van der Waals surface area (Å²) in [5, 5.41) is 7.82. The van der Waals surface area contributed by atoms with E-state index in [0.717, 1.165) is 32.2 Å². The maximum absolute atomic E-state index is 12.6. The summed E-state index contributed by atoms with van der Waals surface area (Å²) >= 11 is 1.25. The molecule has 0 saturated carbocycles. The fraction of sp³-hybridized carbons (Fsp3) is 0.588. The number of hydrogen-bond acceptors (Lipinski definition) is 5. The van der Waals surface area contributed by atoms with Gasteiger partial charge in [0, 0.05) is 25.0 Å². The summed E-state index contributed by atoms with van der Waals surface area (Å²) in [6, 6.07) is 1.49. The maximum atomic E-state index is 12.6. The Morgan fingerprint density at radius 2 is 2.12 bits per heavy atom. The van der Waals surface area contributed by atoms with Crippen molar-refractivity contribution >= 4 is 41.5 Å². The Bertz CT molecular complexity index is 660. The van der Waals surface area contributed by atoms with Crippen LogP contribution in [0.3, 0.4) is 0 Å². The molecule has 0 spiro atoms. The number of nitrogens with one attached hydrogen (secondary N) is 2. The predicted molar refractivity (Wildman–Crippen MR) is 103 cm³/mol. The van der Waals surface area contributed by atoms with Crippen molar-refractivity contribution < 1.29 is 14.4 Å². The van der Waals surface area contributed by atoms with Crippen LogP contribution in [0.4, 0.5) is 0 Å². The number of thiophene rings is 1. The van der Waals surface area contributed by atoms with Gasteiger partial charge in [0.15, 0.2) is 0 Å². The average molecular weight is 401 g/mol. The summed E-state index contributed by atoms with van der Waals surface area (Å²) in [4.78, 5) is 38.2. The van der Waals surface area contributed by atoms with Gasteiger partial charge in [0.2, 0.25) is 11.8 Å². The number of likely N-dealkylation sites (tertiary alicyclic amines) is 1. The van der Waals surface area contributed by atoms with E-state index < -0.39 is 5.91 Å². The molecule has 4 N–H and O–H groups in total. The van der Waals surface area contributed by atoms with Gasteiger partial charge in [-0.2, -0.15) is 0 Å². The Balaban J connectivity index is 0.00000243. The van der Waals surface area contributed by atoms with Gasteiger partial charge >= 0.3 is 0 Å². The van der Waals surface area contributed by atoms with Crippen LogP contribution < -0.4 is 16.4 Å². The lowest BCUT2D eigenvalue weighted by Crippen LogP contribution is -2.46. The fourth-order valence-corrected chi connectivity index (χ4v) is 4.29. The first-order chi connectivity index (χ1) is 12.0. The van der Waals surface area contributed by atoms with Gasteiger partial charge in [0.1, 0.15) is 0 Å². The fourth-order valence-electron chi connectivity index (χ4n) is 3.43. The molecule has 1 aromatic rings. The molecule has 26 heavy (non-hydrogen) atoms. The molecule has 3 rings (SSSR count). The number of carbonyl (C=O) groups excluding carboxylic acids is 3. The molecule has 1 aromatic heterocycles. The lowest BCUT2D eigenvalue weighted by atomic mass is 9.97. The summed E-state index contributed by atoms with van der Waals surface area (Å²) in [5.74, 6) is -0.259. The van der Waals surface area contributed by atoms with Crippen LogP contribution in [-0.4, -0.2) is 54.8 Å². The lowest BCUT2D eigenvalue weighted by Gasteiger charge is -2.32. The molecule has 7 nitrogen and oxygen atoms in total. The second-order valence-electron chi connectivity index (χ2n) is 6.72. The van der Waals surface area contributed by atoms with Crippen molar-refractivity contribution in [3.8, 4) is 0 Å². The third-order valence-electron chi connectivity index (χ3n) is 4.84. The average Bonchev–Trinajstić information content (AvgIpc) is 3.30. The van der Waals surface area contributed by atoms with E-state index in [2.05, 4.69) is 10.6 Å². The molecule has 0 bridgehead atoms. The largest absolute Gasteiger partial charge is 0.366 e. The number of nitrogens with two attached hydrogens (primary N) is 1. The Labute approximate surface area is 163 Å². The first-order valence-electron chi connectivity index (χ1n) is 8.73. The monoisotopic (exact) mass is 400 g/mol. The van der Waals surface area contributed by atoms with Crippen molar-refractivity contribution in [1.29, 1.82) is 0 Å². The molecular weight excluding hydrogens is 376 g/mol. The minimum atomic E-state index is -0.518. The topological polar surface area (TPSA) is 105 Å². The summed E-state index contributed by atoms with van der Waals surface area (Å²) in [7, 11) is 0. The normalized spacial score (nSPS) is 22.5. The first-order valence-corrected chi connectivity index (χ1v) is 9.61. The number of piperidine rings is 1. The van der Waals surface area contributed by atoms with Crippen molar-refractivity contribution in [1.82, 2.24) is 15.5 Å². The number of carbonyl (C=O) groups is 3. The highest BCUT2D eigenvalue weighted by Gasteiger charge is 2.27. The summed E-state index contributed by atoms with van der Waals surface area (Å²) in [5.41, 5.74) is 5.62. The zero-order valence-corrected chi connectivity index (χ0v) is 16.2. The molecule has 144 valence electrons. The van der Waals surface area contributed by atoms with Gasteiger partial charge in [-0.1, -0.05) is 0 Å². The second-order valence-corrected chi connectivity index (χ2v) is 7.63. The van der Waals surface area contributed by atoms with Crippen molar-refractivity contribution in [2.24, 2.45) is 11.7 Å². The zero-order chi connectivity index (χ0) is 17.8. The van der Waals surface area contributed by atoms with E-state index in [1.807, 2.05) is 4.90 Å². The van der Waals surface area contributed by atoms with E-state index in [1.54, 1.807) is 11.4 Å². The van der Waals surface area contributed by atoms with Crippen LogP contribution in [0.5, 0.6) is 0 Å². The highest BCUT2D eigenvalue weighted by atomic mass is 35.5. The maximum Gasteiger partial charge on any atom is 0.263 e. The van der Waals surface area contributed by atoms with Gasteiger partial charge in [-0.3, -0.25) is 14.4 Å². The van der Waals surface area contributed by atoms with Crippen LogP contribution in [-0.2, 0) is 4.79 Å². The quantitative estimate of drug-likeness (QED) is 0.685. The second kappa shape index (κ2) is 9.34. The van der Waals surface area contributed by atoms with Gasteiger partial charge in [-0.25, -0.2) is 0 Å². The number of hydrogen-bond donors (Lipinski definition) is 3. The smallest absolute Gasteiger partial charge is 0.263 e. The number of halogens is 1. The van der Waals surface area contributed by atoms with Crippen LogP contribution in [0, 0.1) is 5.92 Å². The van der Waals surface area contributed by atoms with Gasteiger partial charge in [-0.05, 0) is 44.2 Å². The van der Waals surface area contributed by atoms with Crippen molar-refractivity contribution in [2.45, 2.75) is 31.7 Å². The standard InChI is InChI=1S/C17H24N4O3S.ClH/c18-15(22)12-7-14(25-10-12)17(24)21-6-2-3-11(9-21)8-20-16(23)13-4-1-5-19-13;/h7,10-11,13,19H,1-6,8-9H2,(H2,18,22)(H,20,23);1H. The van der Waals surface area contributed by atoms with Crippen LogP contribution in [0.15, 0.2) is 11.4 Å². The molecule has 2 atom stereocenters. The van der Waals surface area contributed by atoms with Gasteiger partial charge in [-0.15, -0.1) is 23.7 Å². The first kappa shape index (κ1) is 20.7. The van der Waals surface area contributed by atoms with Crippen molar-refractivity contribution in [3.05, 3.63) is 21.9 Å². The Hall–Kier alpha value is -1.64. The molecule has 0 aromatic carbocycles. The number of primary amides is 1. The third-order valence-corrected chi connectivity index (χ3v) is 5.76. The zero-order valence-electron chi connectivity index (χ0n) is 14.5. The molecular formula is C17H25ClN4O3S. The highest BCUT2D eigenvalue weighted by Crippen LogP contribution is 2.22. The highest BCUT2D eigenvalue weighted by molar-refractivity contribution is 7.12. The predicted octanol–water partition coefficient (Wildman–Crippen LogP) is 0.989. The molecule has 9 heteroatoms. The minimum Gasteiger partial charge on any atom is -0.366 e. The molecule has 2 unspecified atom stereocenters. The van der Waals surface area contributed by atoms with Crippen LogP contribution in [0.25, 0.3) is 0 Å². The SMILES string of the molecule is Cl.NC(=O)c1csc(C(=O)N2CCCC(CNC(=O)C3CCCN3)C2)c1. The summed E-state index contributed by atoms with van der Waals surface area (Å²) in [6.07, 6.45) is 3.85. The summed E-state index contributed by atoms with van der Waals surface area (Å²) in [6.45, 7) is 2.83. The van der Waals surface area contributed by atoms with Crippen molar-refractivity contribution in [2.75, 3.05) is 26.2 Å². The van der Waals surface area contributed by atoms with Gasteiger partial charge in [0.05, 0.1) is 16.5 Å². The van der Waals surface area contributed by atoms with Gasteiger partial charge in [0.25, 0.3) is 5.91 Å². The molecule has 2 aliphatic rings. The number of nitrogens with zero attached hydrogens (tertiary/aromatic N) is 1. The Morgan fingerprint density at radius 3 is 2.77 bits per heavy atom. The molecule has 3 heterocycles. The Kier molecular flexibility index (Phi) is 7.43. The van der Waals surface area contributed by atoms with Crippen LogP contribution in [0.1, 0.15) is 45.7 Å². The van der Waals surface area contributed by atoms with Crippen LogP contribution >= 0.6 is 23.7 Å².